The number of amides is 1. The maximum atomic E-state index is 12.2. The van der Waals surface area contributed by atoms with Gasteiger partial charge in [-0.2, -0.15) is 0 Å². The van der Waals surface area contributed by atoms with Crippen molar-refractivity contribution in [3.8, 4) is 0 Å². The Morgan fingerprint density at radius 1 is 1.45 bits per heavy atom. The number of anilines is 1. The maximum Gasteiger partial charge on any atom is 0.251 e. The summed E-state index contributed by atoms with van der Waals surface area (Å²) in [7, 11) is -1.72. The van der Waals surface area contributed by atoms with Crippen LogP contribution in [-0.2, 0) is 21.2 Å². The summed E-state index contributed by atoms with van der Waals surface area (Å²) in [5.74, 6) is -0.111. The minimum Gasteiger partial charge on any atom is -0.383 e. The number of methoxy groups -OCH3 is 1. The van der Waals surface area contributed by atoms with Crippen LogP contribution in [0.4, 0.5) is 5.69 Å². The van der Waals surface area contributed by atoms with Crippen molar-refractivity contribution < 1.29 is 17.9 Å². The fourth-order valence-corrected chi connectivity index (χ4v) is 4.05. The number of carbonyl (C=O) groups excluding carboxylic acids is 1. The van der Waals surface area contributed by atoms with Gasteiger partial charge >= 0.3 is 0 Å². The average Bonchev–Trinajstić information content (AvgIpc) is 2.82. The van der Waals surface area contributed by atoms with E-state index < -0.39 is 10.0 Å². The van der Waals surface area contributed by atoms with Crippen molar-refractivity contribution in [2.24, 2.45) is 0 Å². The Labute approximate surface area is 131 Å². The van der Waals surface area contributed by atoms with Gasteiger partial charge in [0.2, 0.25) is 10.0 Å². The maximum absolute atomic E-state index is 12.2. The number of hydrogen-bond acceptors (Lipinski definition) is 4. The number of fused-ring (bicyclic) bond motifs is 1. The van der Waals surface area contributed by atoms with Crippen LogP contribution < -0.4 is 9.62 Å². The fourth-order valence-electron chi connectivity index (χ4n) is 2.68. The highest BCUT2D eigenvalue weighted by atomic mass is 32.2. The molecule has 1 aromatic carbocycles. The predicted octanol–water partition coefficient (Wildman–Crippen LogP) is 1.16. The second-order valence-electron chi connectivity index (χ2n) is 5.34. The molecule has 0 aliphatic carbocycles. The van der Waals surface area contributed by atoms with Gasteiger partial charge in [-0.05, 0) is 44.0 Å². The number of sulfonamides is 1. The Morgan fingerprint density at radius 2 is 2.18 bits per heavy atom. The van der Waals surface area contributed by atoms with E-state index in [0.717, 1.165) is 5.56 Å². The summed E-state index contributed by atoms with van der Waals surface area (Å²) in [6.45, 7) is 4.42. The molecule has 6 nitrogen and oxygen atoms in total. The Balaban J connectivity index is 2.24. The van der Waals surface area contributed by atoms with Crippen LogP contribution >= 0.6 is 0 Å². The van der Waals surface area contributed by atoms with Gasteiger partial charge in [0.05, 0.1) is 18.0 Å². The first-order valence-electron chi connectivity index (χ1n) is 7.33. The van der Waals surface area contributed by atoms with Gasteiger partial charge < -0.3 is 10.1 Å². The zero-order valence-electron chi connectivity index (χ0n) is 13.1. The first-order valence-corrected chi connectivity index (χ1v) is 8.93. The molecule has 0 radical (unpaired) electrons. The Kier molecular flexibility index (Phi) is 5.08. The molecule has 7 heteroatoms. The van der Waals surface area contributed by atoms with Crippen molar-refractivity contribution in [1.29, 1.82) is 0 Å². The van der Waals surface area contributed by atoms with Crippen molar-refractivity contribution >= 4 is 21.6 Å². The molecule has 22 heavy (non-hydrogen) atoms. The zero-order chi connectivity index (χ0) is 16.3. The standard InChI is InChI=1S/C15H22N2O4S/c1-4-22(19,20)17-11(2)9-13-10-12(5-6-14(13)17)15(18)16-7-8-21-3/h5-6,10-11H,4,7-9H2,1-3H3,(H,16,18)/t11-/m1/s1. The van der Waals surface area contributed by atoms with E-state index in [1.807, 2.05) is 6.92 Å². The summed E-state index contributed by atoms with van der Waals surface area (Å²) in [6.07, 6.45) is 0.619. The summed E-state index contributed by atoms with van der Waals surface area (Å²) in [6, 6.07) is 5.04. The molecule has 0 bridgehead atoms. The molecule has 1 aliphatic rings. The highest BCUT2D eigenvalue weighted by Crippen LogP contribution is 2.35. The molecule has 1 aliphatic heterocycles. The Bertz CT molecular complexity index is 658. The molecule has 1 aromatic rings. The molecular weight excluding hydrogens is 304 g/mol. The zero-order valence-corrected chi connectivity index (χ0v) is 13.9. The number of nitrogens with zero attached hydrogens (tertiary/aromatic N) is 1. The predicted molar refractivity (Wildman–Crippen MR) is 85.8 cm³/mol. The highest BCUT2D eigenvalue weighted by molar-refractivity contribution is 7.92. The summed E-state index contributed by atoms with van der Waals surface area (Å²) < 4.78 is 30.8. The smallest absolute Gasteiger partial charge is 0.251 e. The first-order chi connectivity index (χ1) is 10.4. The third kappa shape index (κ3) is 3.25. The van der Waals surface area contributed by atoms with Gasteiger partial charge in [0.15, 0.2) is 0 Å². The summed E-state index contributed by atoms with van der Waals surface area (Å²) in [5, 5.41) is 2.76. The normalized spacial score (nSPS) is 17.4. The van der Waals surface area contributed by atoms with Crippen LogP contribution in [0.3, 0.4) is 0 Å². The molecule has 1 amide bonds. The molecule has 1 heterocycles. The van der Waals surface area contributed by atoms with Crippen LogP contribution in [0.25, 0.3) is 0 Å². The molecule has 0 saturated carbocycles. The number of ether oxygens (including phenoxy) is 1. The van der Waals surface area contributed by atoms with E-state index in [4.69, 9.17) is 4.74 Å². The first kappa shape index (κ1) is 16.8. The topological polar surface area (TPSA) is 75.7 Å². The van der Waals surface area contributed by atoms with E-state index in [1.165, 1.54) is 4.31 Å². The Morgan fingerprint density at radius 3 is 2.82 bits per heavy atom. The average molecular weight is 326 g/mol. The van der Waals surface area contributed by atoms with Crippen LogP contribution in [0, 0.1) is 0 Å². The lowest BCUT2D eigenvalue weighted by Gasteiger charge is -2.23. The number of nitrogens with one attached hydrogen (secondary N) is 1. The Hall–Kier alpha value is -1.60. The van der Waals surface area contributed by atoms with Gasteiger partial charge in [-0.15, -0.1) is 0 Å². The minimum absolute atomic E-state index is 0.0655. The van der Waals surface area contributed by atoms with Crippen LogP contribution in [0.5, 0.6) is 0 Å². The molecular formula is C15H22N2O4S. The molecule has 0 saturated heterocycles. The van der Waals surface area contributed by atoms with Gasteiger partial charge in [0.1, 0.15) is 0 Å². The molecule has 1 N–H and O–H groups in total. The van der Waals surface area contributed by atoms with Gasteiger partial charge in [-0.1, -0.05) is 0 Å². The lowest BCUT2D eigenvalue weighted by molar-refractivity contribution is 0.0937. The van der Waals surface area contributed by atoms with E-state index in [0.29, 0.717) is 30.8 Å². The van der Waals surface area contributed by atoms with E-state index in [9.17, 15) is 13.2 Å². The minimum atomic E-state index is -3.29. The lowest BCUT2D eigenvalue weighted by Crippen LogP contribution is -2.36. The summed E-state index contributed by atoms with van der Waals surface area (Å²) in [5.41, 5.74) is 2.12. The van der Waals surface area contributed by atoms with E-state index in [1.54, 1.807) is 32.2 Å². The van der Waals surface area contributed by atoms with Gasteiger partial charge in [-0.25, -0.2) is 8.42 Å². The molecule has 1 atom stereocenters. The largest absolute Gasteiger partial charge is 0.383 e. The number of carbonyl (C=O) groups is 1. The molecule has 0 aromatic heterocycles. The monoisotopic (exact) mass is 326 g/mol. The quantitative estimate of drug-likeness (QED) is 0.796. The summed E-state index contributed by atoms with van der Waals surface area (Å²) in [4.78, 5) is 12.0. The third-order valence-corrected chi connectivity index (χ3v) is 5.64. The molecule has 0 spiro atoms. The molecule has 2 rings (SSSR count). The third-order valence-electron chi connectivity index (χ3n) is 3.75. The molecule has 122 valence electrons. The SMILES string of the molecule is CCS(=O)(=O)N1c2ccc(C(=O)NCCOC)cc2C[C@H]1C. The second kappa shape index (κ2) is 6.66. The van der Waals surface area contributed by atoms with Crippen LogP contribution in [0.15, 0.2) is 18.2 Å². The van der Waals surface area contributed by atoms with Gasteiger partial charge in [0.25, 0.3) is 5.91 Å². The van der Waals surface area contributed by atoms with Crippen LogP contribution in [0.2, 0.25) is 0 Å². The van der Waals surface area contributed by atoms with E-state index in [2.05, 4.69) is 5.32 Å². The van der Waals surface area contributed by atoms with Crippen LogP contribution in [-0.4, -0.2) is 46.4 Å². The van der Waals surface area contributed by atoms with Gasteiger partial charge in [-0.3, -0.25) is 9.10 Å². The number of benzene rings is 1. The lowest BCUT2D eigenvalue weighted by atomic mass is 10.1. The fraction of sp³-hybridized carbons (Fsp3) is 0.533. The van der Waals surface area contributed by atoms with Crippen molar-refractivity contribution in [3.05, 3.63) is 29.3 Å². The van der Waals surface area contributed by atoms with Crippen molar-refractivity contribution in [2.75, 3.05) is 30.3 Å². The van der Waals surface area contributed by atoms with E-state index in [-0.39, 0.29) is 17.7 Å². The van der Waals surface area contributed by atoms with Crippen LogP contribution in [0.1, 0.15) is 29.8 Å². The van der Waals surface area contributed by atoms with Crippen molar-refractivity contribution in [1.82, 2.24) is 5.32 Å². The summed E-state index contributed by atoms with van der Waals surface area (Å²) >= 11 is 0. The van der Waals surface area contributed by atoms with E-state index >= 15 is 0 Å². The second-order valence-corrected chi connectivity index (χ2v) is 7.48. The van der Waals surface area contributed by atoms with Crippen molar-refractivity contribution in [2.45, 2.75) is 26.3 Å². The number of hydrogen-bond donors (Lipinski definition) is 1. The van der Waals surface area contributed by atoms with Crippen molar-refractivity contribution in [3.63, 3.8) is 0 Å². The molecule has 0 unspecified atom stereocenters. The van der Waals surface area contributed by atoms with Gasteiger partial charge in [0, 0.05) is 25.3 Å². The number of rotatable bonds is 6. The highest BCUT2D eigenvalue weighted by Gasteiger charge is 2.34. The molecule has 0 fully saturated rings.